The zero-order valence-corrected chi connectivity index (χ0v) is 14.9. The number of amides is 1. The van der Waals surface area contributed by atoms with Crippen LogP contribution in [0.2, 0.25) is 0 Å². The average Bonchev–Trinajstić information content (AvgIpc) is 3.36. The number of carbonyl (C=O) groups is 1. The van der Waals surface area contributed by atoms with E-state index in [1.807, 2.05) is 6.92 Å². The lowest BCUT2D eigenvalue weighted by Gasteiger charge is -2.12. The number of rotatable bonds is 9. The molecule has 134 valence electrons. The minimum atomic E-state index is 0.170. The van der Waals surface area contributed by atoms with E-state index in [0.717, 1.165) is 55.2 Å². The molecule has 1 aromatic heterocycles. The summed E-state index contributed by atoms with van der Waals surface area (Å²) >= 11 is 0. The van der Waals surface area contributed by atoms with Gasteiger partial charge in [0.1, 0.15) is 5.76 Å². The maximum absolute atomic E-state index is 11.6. The van der Waals surface area contributed by atoms with Crippen LogP contribution in [0.15, 0.2) is 9.52 Å². The van der Waals surface area contributed by atoms with E-state index in [1.54, 1.807) is 0 Å². The molecule has 1 saturated carbocycles. The molecule has 1 aliphatic rings. The summed E-state index contributed by atoms with van der Waals surface area (Å²) in [5.41, 5.74) is 2.06. The Kier molecular flexibility index (Phi) is 7.08. The van der Waals surface area contributed by atoms with E-state index in [9.17, 15) is 4.79 Å². The highest BCUT2D eigenvalue weighted by atomic mass is 16.5. The van der Waals surface area contributed by atoms with Gasteiger partial charge >= 0.3 is 0 Å². The molecular formula is C17H29N5O2. The van der Waals surface area contributed by atoms with Crippen LogP contribution < -0.4 is 16.0 Å². The Bertz CT molecular complexity index is 542. The third-order valence-electron chi connectivity index (χ3n) is 4.01. The second-order valence-electron chi connectivity index (χ2n) is 5.93. The van der Waals surface area contributed by atoms with Gasteiger partial charge in [-0.2, -0.15) is 0 Å². The van der Waals surface area contributed by atoms with E-state index >= 15 is 0 Å². The molecule has 0 aromatic carbocycles. The molecule has 0 atom stereocenters. The number of nitrogens with zero attached hydrogens (tertiary/aromatic N) is 2. The first-order chi connectivity index (χ1) is 11.7. The lowest BCUT2D eigenvalue weighted by atomic mass is 10.1. The van der Waals surface area contributed by atoms with Crippen molar-refractivity contribution in [3.63, 3.8) is 0 Å². The Morgan fingerprint density at radius 3 is 2.54 bits per heavy atom. The number of hydrogen-bond acceptors (Lipinski definition) is 4. The summed E-state index contributed by atoms with van der Waals surface area (Å²) in [6.07, 6.45) is 3.71. The molecule has 1 aromatic rings. The van der Waals surface area contributed by atoms with Gasteiger partial charge in [0.05, 0.1) is 12.2 Å². The van der Waals surface area contributed by atoms with Gasteiger partial charge in [-0.3, -0.25) is 4.79 Å². The highest BCUT2D eigenvalue weighted by Crippen LogP contribution is 2.28. The molecule has 7 heteroatoms. The van der Waals surface area contributed by atoms with Crippen LogP contribution in [0.3, 0.4) is 0 Å². The van der Waals surface area contributed by atoms with E-state index in [-0.39, 0.29) is 11.8 Å². The zero-order chi connectivity index (χ0) is 17.4. The molecule has 0 unspecified atom stereocenters. The number of aryl methyl sites for hydroxylation is 2. The van der Waals surface area contributed by atoms with Crippen molar-refractivity contribution in [2.45, 2.75) is 53.0 Å². The van der Waals surface area contributed by atoms with Crippen LogP contribution in [0.25, 0.3) is 0 Å². The van der Waals surface area contributed by atoms with Crippen molar-refractivity contribution >= 4 is 11.9 Å². The second-order valence-corrected chi connectivity index (χ2v) is 5.93. The van der Waals surface area contributed by atoms with Crippen LogP contribution in [-0.4, -0.2) is 36.7 Å². The molecule has 24 heavy (non-hydrogen) atoms. The van der Waals surface area contributed by atoms with Crippen molar-refractivity contribution in [1.29, 1.82) is 0 Å². The molecule has 7 nitrogen and oxygen atoms in total. The van der Waals surface area contributed by atoms with Gasteiger partial charge in [0.25, 0.3) is 0 Å². The third-order valence-corrected chi connectivity index (χ3v) is 4.01. The maximum Gasteiger partial charge on any atom is 0.223 e. The Labute approximate surface area is 143 Å². The van der Waals surface area contributed by atoms with Crippen molar-refractivity contribution < 1.29 is 9.32 Å². The van der Waals surface area contributed by atoms with Crippen molar-refractivity contribution in [2.75, 3.05) is 19.6 Å². The summed E-state index contributed by atoms with van der Waals surface area (Å²) in [4.78, 5) is 16.2. The molecule has 2 rings (SSSR count). The van der Waals surface area contributed by atoms with Crippen LogP contribution in [-0.2, 0) is 24.2 Å². The van der Waals surface area contributed by atoms with Gasteiger partial charge in [0.2, 0.25) is 5.91 Å². The van der Waals surface area contributed by atoms with Crippen molar-refractivity contribution in [2.24, 2.45) is 10.9 Å². The van der Waals surface area contributed by atoms with Crippen LogP contribution >= 0.6 is 0 Å². The Morgan fingerprint density at radius 1 is 1.17 bits per heavy atom. The molecule has 0 spiro atoms. The Balaban J connectivity index is 1.85. The number of aromatic nitrogens is 1. The average molecular weight is 335 g/mol. The van der Waals surface area contributed by atoms with E-state index in [1.165, 1.54) is 0 Å². The molecule has 1 fully saturated rings. The number of aliphatic imine (C=N–C) groups is 1. The molecular weight excluding hydrogens is 306 g/mol. The van der Waals surface area contributed by atoms with Crippen LogP contribution in [0.1, 0.15) is 50.6 Å². The monoisotopic (exact) mass is 335 g/mol. The Morgan fingerprint density at radius 2 is 1.92 bits per heavy atom. The quantitative estimate of drug-likeness (QED) is 0.360. The van der Waals surface area contributed by atoms with Gasteiger partial charge in [0.15, 0.2) is 5.96 Å². The summed E-state index contributed by atoms with van der Waals surface area (Å²) in [6, 6.07) is 0. The van der Waals surface area contributed by atoms with Gasteiger partial charge in [-0.05, 0) is 26.2 Å². The fraction of sp³-hybridized carbons (Fsp3) is 0.706. The van der Waals surface area contributed by atoms with Gasteiger partial charge < -0.3 is 20.5 Å². The van der Waals surface area contributed by atoms with E-state index in [0.29, 0.717) is 19.6 Å². The summed E-state index contributed by atoms with van der Waals surface area (Å²) < 4.78 is 5.37. The highest BCUT2D eigenvalue weighted by molar-refractivity contribution is 5.81. The summed E-state index contributed by atoms with van der Waals surface area (Å²) in [5, 5.41) is 13.5. The summed E-state index contributed by atoms with van der Waals surface area (Å²) in [7, 11) is 0. The predicted molar refractivity (Wildman–Crippen MR) is 93.8 cm³/mol. The maximum atomic E-state index is 11.6. The molecule has 1 aliphatic carbocycles. The first kappa shape index (κ1) is 18.3. The topological polar surface area (TPSA) is 91.6 Å². The molecule has 0 aliphatic heterocycles. The fourth-order valence-corrected chi connectivity index (χ4v) is 2.47. The van der Waals surface area contributed by atoms with Gasteiger partial charge in [-0.25, -0.2) is 4.99 Å². The standard InChI is InChI=1S/C17H29N5O2/c1-4-14-13(15(5-2)24-22-14)11-21-17(18-6-3)20-10-9-19-16(23)12-7-8-12/h12H,4-11H2,1-3H3,(H,19,23)(H2,18,20,21). The van der Waals surface area contributed by atoms with E-state index in [2.05, 4.69) is 39.9 Å². The van der Waals surface area contributed by atoms with E-state index < -0.39 is 0 Å². The van der Waals surface area contributed by atoms with E-state index in [4.69, 9.17) is 4.52 Å². The van der Waals surface area contributed by atoms with Crippen molar-refractivity contribution in [3.8, 4) is 0 Å². The van der Waals surface area contributed by atoms with Gasteiger partial charge in [0, 0.05) is 37.5 Å². The number of nitrogens with one attached hydrogen (secondary N) is 3. The number of carbonyl (C=O) groups excluding carboxylic acids is 1. The van der Waals surface area contributed by atoms with Crippen LogP contribution in [0.4, 0.5) is 0 Å². The molecule has 0 bridgehead atoms. The lowest BCUT2D eigenvalue weighted by Crippen LogP contribution is -2.41. The van der Waals surface area contributed by atoms with Gasteiger partial charge in [-0.15, -0.1) is 0 Å². The summed E-state index contributed by atoms with van der Waals surface area (Å²) in [6.45, 7) is 8.73. The summed E-state index contributed by atoms with van der Waals surface area (Å²) in [5.74, 6) is 2.07. The normalized spacial score (nSPS) is 14.5. The molecule has 1 heterocycles. The largest absolute Gasteiger partial charge is 0.361 e. The molecule has 3 N–H and O–H groups in total. The first-order valence-corrected chi connectivity index (χ1v) is 8.95. The Hall–Kier alpha value is -2.05. The SMILES string of the molecule is CCNC(=NCc1c(CC)noc1CC)NCCNC(=O)C1CC1. The minimum Gasteiger partial charge on any atom is -0.361 e. The van der Waals surface area contributed by atoms with Crippen LogP contribution in [0, 0.1) is 5.92 Å². The highest BCUT2D eigenvalue weighted by Gasteiger charge is 2.28. The van der Waals surface area contributed by atoms with Crippen molar-refractivity contribution in [3.05, 3.63) is 17.0 Å². The molecule has 1 amide bonds. The minimum absolute atomic E-state index is 0.170. The zero-order valence-electron chi connectivity index (χ0n) is 14.9. The lowest BCUT2D eigenvalue weighted by molar-refractivity contribution is -0.122. The number of hydrogen-bond donors (Lipinski definition) is 3. The third kappa shape index (κ3) is 5.25. The molecule has 0 saturated heterocycles. The smallest absolute Gasteiger partial charge is 0.223 e. The van der Waals surface area contributed by atoms with Gasteiger partial charge in [-0.1, -0.05) is 19.0 Å². The van der Waals surface area contributed by atoms with Crippen LogP contribution in [0.5, 0.6) is 0 Å². The van der Waals surface area contributed by atoms with Crippen molar-refractivity contribution in [1.82, 2.24) is 21.1 Å². The second kappa shape index (κ2) is 9.30. The predicted octanol–water partition coefficient (Wildman–Crippen LogP) is 1.38. The first-order valence-electron chi connectivity index (χ1n) is 8.95. The fourth-order valence-electron chi connectivity index (χ4n) is 2.47. The molecule has 0 radical (unpaired) electrons. The number of guanidine groups is 1.